The zero-order valence-corrected chi connectivity index (χ0v) is 26.2. The maximum atomic E-state index is 14.1. The number of ketones is 1. The first-order valence-electron chi connectivity index (χ1n) is 14.5. The van der Waals surface area contributed by atoms with Crippen molar-refractivity contribution >= 4 is 45.6 Å². The molecule has 0 spiro atoms. The van der Waals surface area contributed by atoms with Crippen LogP contribution in [-0.4, -0.2) is 49.2 Å². The molecule has 1 aromatic carbocycles. The van der Waals surface area contributed by atoms with Crippen molar-refractivity contribution in [3.05, 3.63) is 66.5 Å². The number of rotatable bonds is 13. The van der Waals surface area contributed by atoms with Gasteiger partial charge in [0.2, 0.25) is 15.9 Å². The molecule has 1 amide bonds. The van der Waals surface area contributed by atoms with Gasteiger partial charge in [0.15, 0.2) is 5.78 Å². The summed E-state index contributed by atoms with van der Waals surface area (Å²) in [6.45, 7) is 5.11. The average molecular weight is 629 g/mol. The minimum absolute atomic E-state index is 0. The number of nitrogen functional groups attached to an aromatic ring is 1. The molecule has 10 nitrogen and oxygen atoms in total. The maximum absolute atomic E-state index is 14.1. The van der Waals surface area contributed by atoms with E-state index >= 15 is 0 Å². The summed E-state index contributed by atoms with van der Waals surface area (Å²) in [5, 5.41) is 6.01. The van der Waals surface area contributed by atoms with Gasteiger partial charge in [-0.1, -0.05) is 38.5 Å². The Bertz CT molecular complexity index is 1470. The summed E-state index contributed by atoms with van der Waals surface area (Å²) in [5.41, 5.74) is 7.98. The van der Waals surface area contributed by atoms with E-state index in [0.717, 1.165) is 24.9 Å². The van der Waals surface area contributed by atoms with Gasteiger partial charge in [-0.2, -0.15) is 0 Å². The van der Waals surface area contributed by atoms with Gasteiger partial charge >= 0.3 is 0 Å². The second-order valence-corrected chi connectivity index (χ2v) is 12.3. The molecule has 1 aliphatic heterocycles. The van der Waals surface area contributed by atoms with Crippen molar-refractivity contribution in [2.75, 3.05) is 24.1 Å². The Labute approximate surface area is 260 Å². The standard InChI is InChI=1S/C31H40N6O4S.ClH/c1-3-22-15-17-33-20-24(22)31(39)27(10-7-8-21-11-14-29(32)35-19-21)37-42(40,41)28-18-23(25-9-5-6-16-34-25)12-13-26(28)36-30(38)4-2;/h5-6,9,11-14,16,18-19,22,24,27,33,37H,3-4,7-8,10,15,17,20H2,1-2H3,(H2,32,35)(H,36,38);1H/t22?,24?,27-;/m0./s1. The molecule has 4 rings (SSSR count). The number of nitrogens with one attached hydrogen (secondary N) is 3. The summed E-state index contributed by atoms with van der Waals surface area (Å²) in [5.74, 6) is -0.129. The fourth-order valence-electron chi connectivity index (χ4n) is 5.38. The number of carbonyl (C=O) groups excluding carboxylic acids is 2. The normalized spacial score (nSPS) is 17.4. The van der Waals surface area contributed by atoms with Crippen LogP contribution < -0.4 is 21.1 Å². The quantitative estimate of drug-likeness (QED) is 0.217. The highest BCUT2D eigenvalue weighted by molar-refractivity contribution is 7.89. The lowest BCUT2D eigenvalue weighted by atomic mass is 9.79. The molecule has 0 bridgehead atoms. The lowest BCUT2D eigenvalue weighted by molar-refractivity contribution is -0.127. The third-order valence-corrected chi connectivity index (χ3v) is 9.30. The van der Waals surface area contributed by atoms with Crippen LogP contribution in [0.2, 0.25) is 0 Å². The number of benzene rings is 1. The van der Waals surface area contributed by atoms with Crippen LogP contribution in [-0.2, 0) is 26.0 Å². The van der Waals surface area contributed by atoms with E-state index in [1.807, 2.05) is 12.1 Å². The van der Waals surface area contributed by atoms with Gasteiger partial charge in [0.05, 0.1) is 17.4 Å². The zero-order chi connectivity index (χ0) is 30.1. The highest BCUT2D eigenvalue weighted by Gasteiger charge is 2.36. The highest BCUT2D eigenvalue weighted by atomic mass is 35.5. The minimum atomic E-state index is -4.25. The first-order valence-corrected chi connectivity index (χ1v) is 16.0. The highest BCUT2D eigenvalue weighted by Crippen LogP contribution is 2.30. The molecular weight excluding hydrogens is 588 g/mol. The van der Waals surface area contributed by atoms with Crippen molar-refractivity contribution in [2.45, 2.75) is 63.3 Å². The molecule has 0 saturated carbocycles. The number of aromatic nitrogens is 2. The lowest BCUT2D eigenvalue weighted by Crippen LogP contribution is -2.50. The van der Waals surface area contributed by atoms with Gasteiger partial charge in [0.25, 0.3) is 0 Å². The summed E-state index contributed by atoms with van der Waals surface area (Å²) in [4.78, 5) is 34.7. The van der Waals surface area contributed by atoms with Crippen LogP contribution in [0.15, 0.2) is 65.8 Å². The zero-order valence-electron chi connectivity index (χ0n) is 24.6. The van der Waals surface area contributed by atoms with E-state index in [2.05, 4.69) is 32.2 Å². The van der Waals surface area contributed by atoms with Crippen molar-refractivity contribution in [1.82, 2.24) is 20.0 Å². The molecule has 3 aromatic rings. The van der Waals surface area contributed by atoms with Crippen LogP contribution in [0.4, 0.5) is 11.5 Å². The predicted molar refractivity (Wildman–Crippen MR) is 171 cm³/mol. The van der Waals surface area contributed by atoms with Crippen LogP contribution in [0.3, 0.4) is 0 Å². The molecule has 1 aliphatic rings. The molecule has 232 valence electrons. The number of anilines is 2. The van der Waals surface area contributed by atoms with Crippen molar-refractivity contribution in [3.63, 3.8) is 0 Å². The third kappa shape index (κ3) is 9.06. The molecule has 3 atom stereocenters. The number of halogens is 1. The number of hydrogen-bond acceptors (Lipinski definition) is 8. The predicted octanol–water partition coefficient (Wildman–Crippen LogP) is 4.37. The van der Waals surface area contributed by atoms with Crippen LogP contribution in [0, 0.1) is 11.8 Å². The Morgan fingerprint density at radius 2 is 1.93 bits per heavy atom. The molecule has 1 saturated heterocycles. The Balaban J connectivity index is 0.00000506. The van der Waals surface area contributed by atoms with Crippen LogP contribution in [0.1, 0.15) is 51.5 Å². The maximum Gasteiger partial charge on any atom is 0.243 e. The second-order valence-electron chi connectivity index (χ2n) is 10.7. The fraction of sp³-hybridized carbons (Fsp3) is 0.419. The SMILES string of the molecule is CCC(=O)Nc1ccc(-c2ccccn2)cc1S(=O)(=O)N[C@@H](CCCc1ccc(N)nc1)C(=O)C1CNCCC1CC.Cl. The van der Waals surface area contributed by atoms with E-state index in [9.17, 15) is 18.0 Å². The van der Waals surface area contributed by atoms with E-state index in [-0.39, 0.29) is 52.9 Å². The number of pyridine rings is 2. The number of carbonyl (C=O) groups is 2. The topological polar surface area (TPSA) is 156 Å². The van der Waals surface area contributed by atoms with E-state index in [1.165, 1.54) is 6.07 Å². The first-order chi connectivity index (χ1) is 20.2. The number of amides is 1. The molecule has 0 aliphatic carbocycles. The van der Waals surface area contributed by atoms with Gasteiger partial charge in [-0.15, -0.1) is 12.4 Å². The molecule has 0 radical (unpaired) electrons. The Morgan fingerprint density at radius 3 is 2.60 bits per heavy atom. The van der Waals surface area contributed by atoms with Crippen molar-refractivity contribution in [2.24, 2.45) is 11.8 Å². The van der Waals surface area contributed by atoms with Gasteiger partial charge in [-0.3, -0.25) is 14.6 Å². The van der Waals surface area contributed by atoms with E-state index in [4.69, 9.17) is 5.73 Å². The van der Waals surface area contributed by atoms with Gasteiger partial charge in [-0.05, 0) is 74.0 Å². The van der Waals surface area contributed by atoms with E-state index in [1.54, 1.807) is 49.6 Å². The van der Waals surface area contributed by atoms with Crippen molar-refractivity contribution < 1.29 is 18.0 Å². The second kappa shape index (κ2) is 15.9. The Morgan fingerprint density at radius 1 is 1.12 bits per heavy atom. The molecule has 5 N–H and O–H groups in total. The number of sulfonamides is 1. The van der Waals surface area contributed by atoms with Crippen molar-refractivity contribution in [1.29, 1.82) is 0 Å². The molecule has 1 fully saturated rings. The van der Waals surface area contributed by atoms with Crippen LogP contribution in [0.25, 0.3) is 11.3 Å². The van der Waals surface area contributed by atoms with Crippen molar-refractivity contribution in [3.8, 4) is 11.3 Å². The number of piperidine rings is 1. The number of hydrogen-bond donors (Lipinski definition) is 4. The molecular formula is C31H41ClN6O4S. The summed E-state index contributed by atoms with van der Waals surface area (Å²) >= 11 is 0. The molecule has 2 aromatic heterocycles. The lowest BCUT2D eigenvalue weighted by Gasteiger charge is -2.33. The van der Waals surface area contributed by atoms with Crippen LogP contribution >= 0.6 is 12.4 Å². The summed E-state index contributed by atoms with van der Waals surface area (Å²) in [6.07, 6.45) is 6.70. The largest absolute Gasteiger partial charge is 0.384 e. The Hall–Kier alpha value is -3.38. The average Bonchev–Trinajstić information content (AvgIpc) is 3.01. The molecule has 12 heteroatoms. The van der Waals surface area contributed by atoms with E-state index < -0.39 is 16.1 Å². The third-order valence-electron chi connectivity index (χ3n) is 7.79. The number of nitrogens with zero attached hydrogens (tertiary/aromatic N) is 2. The monoisotopic (exact) mass is 628 g/mol. The molecule has 3 heterocycles. The number of nitrogens with two attached hydrogens (primary N) is 1. The molecule has 43 heavy (non-hydrogen) atoms. The van der Waals surface area contributed by atoms with Gasteiger partial charge in [-0.25, -0.2) is 18.1 Å². The summed E-state index contributed by atoms with van der Waals surface area (Å²) in [7, 11) is -4.25. The van der Waals surface area contributed by atoms with Gasteiger partial charge in [0, 0.05) is 36.8 Å². The number of Topliss-reactive ketones (excluding diaryl/α,β-unsaturated/α-hetero) is 1. The Kier molecular flexibility index (Phi) is 12.6. The van der Waals surface area contributed by atoms with Crippen LogP contribution in [0.5, 0.6) is 0 Å². The summed E-state index contributed by atoms with van der Waals surface area (Å²) in [6, 6.07) is 12.8. The summed E-state index contributed by atoms with van der Waals surface area (Å²) < 4.78 is 30.8. The van der Waals surface area contributed by atoms with Gasteiger partial charge in [0.1, 0.15) is 10.7 Å². The minimum Gasteiger partial charge on any atom is -0.384 e. The number of aryl methyl sites for hydroxylation is 1. The van der Waals surface area contributed by atoms with E-state index in [0.29, 0.717) is 42.9 Å². The fourth-order valence-corrected chi connectivity index (χ4v) is 6.80. The smallest absolute Gasteiger partial charge is 0.243 e. The first kappa shape index (κ1) is 34.1. The molecule has 2 unspecified atom stereocenters. The van der Waals surface area contributed by atoms with Gasteiger partial charge < -0.3 is 16.4 Å².